The van der Waals surface area contributed by atoms with Crippen LogP contribution in [0, 0.1) is 5.82 Å². The second kappa shape index (κ2) is 12.3. The highest BCUT2D eigenvalue weighted by atomic mass is 19.1. The minimum Gasteiger partial charge on any atom is -0.496 e. The van der Waals surface area contributed by atoms with Gasteiger partial charge in [0.15, 0.2) is 0 Å². The molecule has 5 aromatic rings. The number of hydrogen-bond donors (Lipinski definition) is 1. The molecule has 10 nitrogen and oxygen atoms in total. The molecular weight excluding hydrogens is 547 g/mol. The first-order valence-electron chi connectivity index (χ1n) is 14.7. The maximum Gasteiger partial charge on any atom is 0.239 e. The molecule has 11 heteroatoms. The van der Waals surface area contributed by atoms with Crippen molar-refractivity contribution >= 4 is 16.8 Å². The number of ether oxygens (including phenoxy) is 1. The third-order valence-corrected chi connectivity index (χ3v) is 8.40. The van der Waals surface area contributed by atoms with E-state index in [2.05, 4.69) is 30.4 Å². The van der Waals surface area contributed by atoms with Gasteiger partial charge in [-0.15, -0.1) is 5.10 Å². The van der Waals surface area contributed by atoms with E-state index in [1.165, 1.54) is 13.2 Å². The van der Waals surface area contributed by atoms with Gasteiger partial charge >= 0.3 is 0 Å². The molecule has 0 saturated carbocycles. The zero-order chi connectivity index (χ0) is 29.9. The average Bonchev–Trinajstić information content (AvgIpc) is 3.71. The van der Waals surface area contributed by atoms with Crippen molar-refractivity contribution in [3.05, 3.63) is 84.2 Å². The number of pyridine rings is 1. The molecule has 1 aliphatic rings. The van der Waals surface area contributed by atoms with Crippen molar-refractivity contribution in [1.29, 1.82) is 0 Å². The van der Waals surface area contributed by atoms with Crippen LogP contribution in [0.4, 0.5) is 4.39 Å². The molecule has 0 radical (unpaired) electrons. The van der Waals surface area contributed by atoms with Crippen LogP contribution in [0.25, 0.3) is 27.8 Å². The van der Waals surface area contributed by atoms with Gasteiger partial charge in [0, 0.05) is 61.0 Å². The molecule has 0 spiro atoms. The van der Waals surface area contributed by atoms with Crippen LogP contribution in [0.3, 0.4) is 0 Å². The van der Waals surface area contributed by atoms with Gasteiger partial charge in [0.05, 0.1) is 36.2 Å². The highest BCUT2D eigenvalue weighted by Crippen LogP contribution is 2.34. The molecule has 1 saturated heterocycles. The first-order valence-corrected chi connectivity index (χ1v) is 14.7. The molecule has 4 heterocycles. The number of carbonyl (C=O) groups is 1. The lowest BCUT2D eigenvalue weighted by atomic mass is 9.89. The van der Waals surface area contributed by atoms with Gasteiger partial charge in [-0.2, -0.15) is 5.10 Å². The van der Waals surface area contributed by atoms with E-state index in [9.17, 15) is 4.79 Å². The molecule has 3 aromatic heterocycles. The topological polar surface area (TPSA) is 105 Å². The summed E-state index contributed by atoms with van der Waals surface area (Å²) >= 11 is 0. The average molecular weight is 583 g/mol. The fourth-order valence-electron chi connectivity index (χ4n) is 6.04. The molecular formula is C32H35FN8O2. The van der Waals surface area contributed by atoms with Crippen LogP contribution >= 0.6 is 0 Å². The Labute approximate surface area is 249 Å². The van der Waals surface area contributed by atoms with Crippen molar-refractivity contribution in [3.63, 3.8) is 0 Å². The summed E-state index contributed by atoms with van der Waals surface area (Å²) in [6.07, 6.45) is 6.86. The third kappa shape index (κ3) is 5.60. The van der Waals surface area contributed by atoms with E-state index in [0.717, 1.165) is 40.0 Å². The van der Waals surface area contributed by atoms with E-state index in [4.69, 9.17) is 4.74 Å². The van der Waals surface area contributed by atoms with Crippen LogP contribution in [-0.2, 0) is 11.3 Å². The van der Waals surface area contributed by atoms with Crippen LogP contribution in [0.1, 0.15) is 43.9 Å². The number of halogens is 1. The molecule has 0 unspecified atom stereocenters. The van der Waals surface area contributed by atoms with E-state index >= 15 is 4.39 Å². The number of carbonyl (C=O) groups excluding carboxylic acids is 1. The molecule has 1 aliphatic heterocycles. The molecule has 222 valence electrons. The highest BCUT2D eigenvalue weighted by molar-refractivity contribution is 5.94. The van der Waals surface area contributed by atoms with E-state index in [0.29, 0.717) is 37.4 Å². The van der Waals surface area contributed by atoms with E-state index in [1.54, 1.807) is 29.2 Å². The summed E-state index contributed by atoms with van der Waals surface area (Å²) < 4.78 is 22.3. The zero-order valence-corrected chi connectivity index (χ0v) is 24.6. The van der Waals surface area contributed by atoms with Gasteiger partial charge in [0.1, 0.15) is 17.3 Å². The van der Waals surface area contributed by atoms with E-state index in [-0.39, 0.29) is 30.2 Å². The summed E-state index contributed by atoms with van der Waals surface area (Å²) in [5.41, 5.74) is 4.88. The van der Waals surface area contributed by atoms with Crippen molar-refractivity contribution in [2.45, 2.75) is 45.2 Å². The summed E-state index contributed by atoms with van der Waals surface area (Å²) in [5, 5.41) is 17.6. The summed E-state index contributed by atoms with van der Waals surface area (Å²) in [6.45, 7) is 6.02. The van der Waals surface area contributed by atoms with Gasteiger partial charge in [0.2, 0.25) is 5.91 Å². The normalized spacial score (nSPS) is 17.3. The lowest BCUT2D eigenvalue weighted by Gasteiger charge is -2.40. The quantitative estimate of drug-likeness (QED) is 0.262. The van der Waals surface area contributed by atoms with Crippen LogP contribution in [0.15, 0.2) is 67.1 Å². The van der Waals surface area contributed by atoms with Gasteiger partial charge in [-0.3, -0.25) is 19.8 Å². The van der Waals surface area contributed by atoms with Gasteiger partial charge in [-0.05, 0) is 69.2 Å². The largest absolute Gasteiger partial charge is 0.496 e. The molecule has 2 aromatic carbocycles. The number of amides is 1. The van der Waals surface area contributed by atoms with Crippen LogP contribution in [0.5, 0.6) is 5.75 Å². The Kier molecular flexibility index (Phi) is 8.15. The smallest absolute Gasteiger partial charge is 0.239 e. The summed E-state index contributed by atoms with van der Waals surface area (Å²) in [4.78, 5) is 21.6. The highest BCUT2D eigenvalue weighted by Gasteiger charge is 2.37. The number of H-pyrrole nitrogens is 1. The Balaban J connectivity index is 1.28. The fourth-order valence-corrected chi connectivity index (χ4v) is 6.04. The number of aromatic nitrogens is 6. The fraction of sp³-hybridized carbons (Fsp3) is 0.344. The number of aromatic amines is 1. The number of nitrogens with one attached hydrogen (secondary N) is 1. The SMILES string of the molecule is CCN(CC)C(=O)[C@@H]1CC[C@@H](c2cn(-c3ccc4[nH]nc(-c5ccncc5)c4c3)nn2)CN1Cc1c(F)cccc1OC. The molecule has 2 atom stereocenters. The number of hydrogen-bond acceptors (Lipinski definition) is 7. The first kappa shape index (κ1) is 28.5. The summed E-state index contributed by atoms with van der Waals surface area (Å²) in [6, 6.07) is 14.3. The minimum atomic E-state index is -0.356. The second-order valence-corrected chi connectivity index (χ2v) is 10.8. The van der Waals surface area contributed by atoms with Crippen LogP contribution in [-0.4, -0.2) is 78.7 Å². The van der Waals surface area contributed by atoms with Gasteiger partial charge in [0.25, 0.3) is 0 Å². The van der Waals surface area contributed by atoms with Crippen LogP contribution < -0.4 is 4.74 Å². The maximum atomic E-state index is 15.0. The Bertz CT molecular complexity index is 1720. The van der Waals surface area contributed by atoms with E-state index in [1.807, 2.05) is 55.3 Å². The lowest BCUT2D eigenvalue weighted by Crippen LogP contribution is -2.52. The predicted molar refractivity (Wildman–Crippen MR) is 161 cm³/mol. The number of methoxy groups -OCH3 is 1. The van der Waals surface area contributed by atoms with Gasteiger partial charge in [-0.25, -0.2) is 9.07 Å². The number of likely N-dealkylation sites (N-methyl/N-ethyl adjacent to an activating group) is 1. The number of piperidine rings is 1. The Hall–Kier alpha value is -4.64. The molecule has 0 bridgehead atoms. The van der Waals surface area contributed by atoms with Crippen molar-refractivity contribution in [2.24, 2.45) is 0 Å². The van der Waals surface area contributed by atoms with Gasteiger partial charge < -0.3 is 9.64 Å². The van der Waals surface area contributed by atoms with Crippen molar-refractivity contribution in [3.8, 4) is 22.7 Å². The number of fused-ring (bicyclic) bond motifs is 1. The minimum absolute atomic E-state index is 0.0253. The molecule has 6 rings (SSSR count). The molecule has 1 fully saturated rings. The molecule has 0 aliphatic carbocycles. The molecule has 1 amide bonds. The maximum absolute atomic E-state index is 15.0. The first-order chi connectivity index (χ1) is 21.0. The zero-order valence-electron chi connectivity index (χ0n) is 24.6. The van der Waals surface area contributed by atoms with Crippen molar-refractivity contribution in [2.75, 3.05) is 26.7 Å². The number of benzene rings is 2. The molecule has 1 N–H and O–H groups in total. The lowest BCUT2D eigenvalue weighted by molar-refractivity contribution is -0.138. The van der Waals surface area contributed by atoms with Crippen molar-refractivity contribution < 1.29 is 13.9 Å². The van der Waals surface area contributed by atoms with Gasteiger partial charge in [-0.1, -0.05) is 11.3 Å². The Morgan fingerprint density at radius 3 is 2.70 bits per heavy atom. The van der Waals surface area contributed by atoms with Crippen molar-refractivity contribution in [1.82, 2.24) is 40.0 Å². The summed E-state index contributed by atoms with van der Waals surface area (Å²) in [5.74, 6) is 0.225. The Morgan fingerprint density at radius 1 is 1.12 bits per heavy atom. The third-order valence-electron chi connectivity index (χ3n) is 8.40. The van der Waals surface area contributed by atoms with E-state index < -0.39 is 0 Å². The standard InChI is InChI=1S/C32H35FN8O2/c1-4-39(5-2)32(42)29-12-9-22(18-40(29)19-25-26(33)7-6-8-30(25)43-3)28-20-41(38-36-28)23-10-11-27-24(17-23)31(37-35-27)21-13-15-34-16-14-21/h6-8,10-11,13-17,20,22,29H,4-5,9,12,18-19H2,1-3H3,(H,35,37)/t22-,29+/m1/s1. The Morgan fingerprint density at radius 2 is 1.93 bits per heavy atom. The second-order valence-electron chi connectivity index (χ2n) is 10.8. The van der Waals surface area contributed by atoms with Crippen LogP contribution in [0.2, 0.25) is 0 Å². The number of nitrogens with zero attached hydrogens (tertiary/aromatic N) is 7. The number of rotatable bonds is 9. The summed E-state index contributed by atoms with van der Waals surface area (Å²) in [7, 11) is 1.54. The molecule has 43 heavy (non-hydrogen) atoms. The number of likely N-dealkylation sites (tertiary alicyclic amines) is 1. The predicted octanol–water partition coefficient (Wildman–Crippen LogP) is 4.97. The monoisotopic (exact) mass is 582 g/mol.